The van der Waals surface area contributed by atoms with Gasteiger partial charge >= 0.3 is 23.9 Å². The Morgan fingerprint density at radius 2 is 1.26 bits per heavy atom. The van der Waals surface area contributed by atoms with Gasteiger partial charge in [0.05, 0.1) is 31.8 Å². The van der Waals surface area contributed by atoms with Crippen LogP contribution in [0.15, 0.2) is 12.7 Å². The Kier molecular flexibility index (Phi) is 21.1. The van der Waals surface area contributed by atoms with Crippen molar-refractivity contribution in [3.63, 3.8) is 0 Å². The van der Waals surface area contributed by atoms with Crippen molar-refractivity contribution in [1.29, 1.82) is 0 Å². The lowest BCUT2D eigenvalue weighted by Gasteiger charge is -2.20. The van der Waals surface area contributed by atoms with Crippen LogP contribution in [0.5, 0.6) is 0 Å². The summed E-state index contributed by atoms with van der Waals surface area (Å²) in [5.41, 5.74) is -0.462. The van der Waals surface area contributed by atoms with E-state index in [0.717, 1.165) is 31.8 Å². The number of unbranched alkanes of at least 4 members (excludes halogenated alkanes) is 5. The molecular weight excluding hydrogens is 496 g/mol. The Morgan fingerprint density at radius 1 is 0.737 bits per heavy atom. The average Bonchev–Trinajstić information content (AvgIpc) is 2.90. The summed E-state index contributed by atoms with van der Waals surface area (Å²) in [5, 5.41) is 9.81. The van der Waals surface area contributed by atoms with Crippen molar-refractivity contribution in [2.75, 3.05) is 39.6 Å². The van der Waals surface area contributed by atoms with Crippen LogP contribution in [0.2, 0.25) is 0 Å². The van der Waals surface area contributed by atoms with Crippen LogP contribution in [0.1, 0.15) is 91.4 Å². The molecule has 0 aliphatic carbocycles. The highest BCUT2D eigenvalue weighted by Gasteiger charge is 2.26. The summed E-state index contributed by atoms with van der Waals surface area (Å²) in [4.78, 5) is 46.3. The summed E-state index contributed by atoms with van der Waals surface area (Å²) >= 11 is 0. The first kappa shape index (κ1) is 35.5. The molecule has 0 fully saturated rings. The fourth-order valence-electron chi connectivity index (χ4n) is 2.93. The summed E-state index contributed by atoms with van der Waals surface area (Å²) in [6.45, 7) is 10.3. The first-order chi connectivity index (χ1) is 18.1. The van der Waals surface area contributed by atoms with E-state index in [2.05, 4.69) is 6.58 Å². The average molecular weight is 545 g/mol. The van der Waals surface area contributed by atoms with Crippen LogP contribution in [0, 0.1) is 5.41 Å². The van der Waals surface area contributed by atoms with E-state index in [1.807, 2.05) is 20.8 Å². The minimum Gasteiger partial charge on any atom is -0.466 e. The van der Waals surface area contributed by atoms with E-state index in [1.165, 1.54) is 0 Å². The SMILES string of the molecule is C=CC(=O)OCCCCOCC(O)COC(=O)CCCCCOC(=O)CCCCCOC(=O)C(C)(C)CC. The van der Waals surface area contributed by atoms with E-state index in [9.17, 15) is 24.3 Å². The van der Waals surface area contributed by atoms with Gasteiger partial charge in [-0.05, 0) is 71.6 Å². The van der Waals surface area contributed by atoms with Gasteiger partial charge in [0.25, 0.3) is 0 Å². The maximum absolute atomic E-state index is 11.9. The van der Waals surface area contributed by atoms with Gasteiger partial charge in [0, 0.05) is 25.5 Å². The summed E-state index contributed by atoms with van der Waals surface area (Å²) in [7, 11) is 0. The van der Waals surface area contributed by atoms with E-state index in [4.69, 9.17) is 23.7 Å². The third-order valence-electron chi connectivity index (χ3n) is 5.82. The monoisotopic (exact) mass is 544 g/mol. The molecule has 0 saturated carbocycles. The topological polar surface area (TPSA) is 135 Å². The largest absolute Gasteiger partial charge is 0.466 e. The Hall–Kier alpha value is -2.46. The first-order valence-electron chi connectivity index (χ1n) is 13.7. The molecule has 1 N–H and O–H groups in total. The maximum atomic E-state index is 11.9. The summed E-state index contributed by atoms with van der Waals surface area (Å²) in [6, 6.07) is 0. The number of esters is 4. The Balaban J connectivity index is 3.54. The van der Waals surface area contributed by atoms with Crippen LogP contribution < -0.4 is 0 Å². The minimum atomic E-state index is -0.903. The molecule has 0 aromatic carbocycles. The Bertz CT molecular complexity index is 689. The molecule has 38 heavy (non-hydrogen) atoms. The number of hydrogen-bond acceptors (Lipinski definition) is 10. The molecular formula is C28H48O10. The standard InChI is InChI=1S/C28H48O10/c1-5-24(30)35-19-14-13-17-34-21-23(29)22-38-26(32)16-10-7-11-18-36-25(31)15-9-8-12-20-37-27(33)28(3,4)6-2/h5,23,29H,1,6-22H2,2-4H3. The van der Waals surface area contributed by atoms with E-state index in [0.29, 0.717) is 58.3 Å². The molecule has 0 spiro atoms. The third-order valence-corrected chi connectivity index (χ3v) is 5.82. The Labute approximate surface area is 227 Å². The van der Waals surface area contributed by atoms with Crippen molar-refractivity contribution in [2.24, 2.45) is 5.41 Å². The molecule has 0 aromatic heterocycles. The molecule has 0 aromatic rings. The molecule has 1 atom stereocenters. The molecule has 1 unspecified atom stereocenters. The van der Waals surface area contributed by atoms with Gasteiger partial charge in [-0.15, -0.1) is 0 Å². The van der Waals surface area contributed by atoms with Gasteiger partial charge in [-0.25, -0.2) is 4.79 Å². The highest BCUT2D eigenvalue weighted by Crippen LogP contribution is 2.21. The number of aliphatic hydroxyl groups excluding tert-OH is 1. The predicted octanol–water partition coefficient (Wildman–Crippen LogP) is 4.06. The van der Waals surface area contributed by atoms with Gasteiger partial charge in [0.15, 0.2) is 0 Å². The molecule has 0 radical (unpaired) electrons. The van der Waals surface area contributed by atoms with Gasteiger partial charge in [-0.2, -0.15) is 0 Å². The summed E-state index contributed by atoms with van der Waals surface area (Å²) in [5.74, 6) is -1.29. The molecule has 220 valence electrons. The molecule has 0 saturated heterocycles. The normalized spacial score (nSPS) is 11.9. The molecule has 0 aliphatic rings. The quantitative estimate of drug-likeness (QED) is 0.0820. The van der Waals surface area contributed by atoms with Gasteiger partial charge in [-0.3, -0.25) is 14.4 Å². The van der Waals surface area contributed by atoms with Crippen molar-refractivity contribution >= 4 is 23.9 Å². The second-order valence-electron chi connectivity index (χ2n) is 9.71. The van der Waals surface area contributed by atoms with Crippen LogP contribution >= 0.6 is 0 Å². The summed E-state index contributed by atoms with van der Waals surface area (Å²) < 4.78 is 25.7. The number of ether oxygens (including phenoxy) is 5. The zero-order valence-corrected chi connectivity index (χ0v) is 23.5. The van der Waals surface area contributed by atoms with Gasteiger partial charge in [0.2, 0.25) is 0 Å². The molecule has 0 amide bonds. The van der Waals surface area contributed by atoms with Crippen molar-refractivity contribution in [3.05, 3.63) is 12.7 Å². The molecule has 0 bridgehead atoms. The smallest absolute Gasteiger partial charge is 0.330 e. The zero-order chi connectivity index (χ0) is 28.7. The maximum Gasteiger partial charge on any atom is 0.330 e. The fourth-order valence-corrected chi connectivity index (χ4v) is 2.93. The number of carbonyl (C=O) groups excluding carboxylic acids is 4. The number of carbonyl (C=O) groups is 4. The lowest BCUT2D eigenvalue weighted by atomic mass is 9.91. The molecule has 0 heterocycles. The first-order valence-corrected chi connectivity index (χ1v) is 13.7. The van der Waals surface area contributed by atoms with Crippen LogP contribution in [-0.2, 0) is 42.9 Å². The minimum absolute atomic E-state index is 0.0514. The van der Waals surface area contributed by atoms with Crippen molar-refractivity contribution in [2.45, 2.75) is 97.5 Å². The lowest BCUT2D eigenvalue weighted by molar-refractivity contribution is -0.154. The van der Waals surface area contributed by atoms with Crippen LogP contribution in [0.3, 0.4) is 0 Å². The van der Waals surface area contributed by atoms with E-state index >= 15 is 0 Å². The lowest BCUT2D eigenvalue weighted by Crippen LogP contribution is -2.26. The van der Waals surface area contributed by atoms with Crippen LogP contribution in [0.4, 0.5) is 0 Å². The zero-order valence-electron chi connectivity index (χ0n) is 23.5. The second-order valence-corrected chi connectivity index (χ2v) is 9.71. The number of aliphatic hydroxyl groups is 1. The number of hydrogen-bond donors (Lipinski definition) is 1. The van der Waals surface area contributed by atoms with E-state index in [-0.39, 0.29) is 38.2 Å². The fraction of sp³-hybridized carbons (Fsp3) is 0.786. The van der Waals surface area contributed by atoms with Crippen LogP contribution in [0.25, 0.3) is 0 Å². The molecule has 0 rings (SSSR count). The second kappa shape index (κ2) is 22.5. The summed E-state index contributed by atoms with van der Waals surface area (Å²) in [6.07, 6.45) is 6.97. The van der Waals surface area contributed by atoms with E-state index in [1.54, 1.807) is 0 Å². The predicted molar refractivity (Wildman–Crippen MR) is 141 cm³/mol. The third kappa shape index (κ3) is 20.6. The van der Waals surface area contributed by atoms with Crippen molar-refractivity contribution in [1.82, 2.24) is 0 Å². The van der Waals surface area contributed by atoms with Crippen LogP contribution in [-0.4, -0.2) is 74.7 Å². The Morgan fingerprint density at radius 3 is 1.87 bits per heavy atom. The number of rotatable bonds is 24. The molecule has 0 aliphatic heterocycles. The molecule has 10 heteroatoms. The van der Waals surface area contributed by atoms with Crippen molar-refractivity contribution in [3.8, 4) is 0 Å². The van der Waals surface area contributed by atoms with Gasteiger partial charge in [0.1, 0.15) is 12.7 Å². The van der Waals surface area contributed by atoms with Gasteiger partial charge in [-0.1, -0.05) is 13.5 Å². The van der Waals surface area contributed by atoms with Gasteiger partial charge < -0.3 is 28.8 Å². The molecule has 10 nitrogen and oxygen atoms in total. The highest BCUT2D eigenvalue weighted by molar-refractivity contribution is 5.81. The highest BCUT2D eigenvalue weighted by atomic mass is 16.6. The van der Waals surface area contributed by atoms with Crippen molar-refractivity contribution < 1.29 is 48.0 Å². The van der Waals surface area contributed by atoms with E-state index < -0.39 is 23.5 Å².